The Kier molecular flexibility index (Phi) is 5.71. The van der Waals surface area contributed by atoms with Gasteiger partial charge in [-0.3, -0.25) is 4.79 Å². The number of nitrogens with zero attached hydrogens (tertiary/aromatic N) is 4. The molecule has 8 heteroatoms. The SMILES string of the molecule is Cc1ccc(N2C[C@@H](c3ccc(C#N)cc3)[C@]3(C2)C(=O)N(c2cc(Cl)cc(Cl)c2)C(=O)N3C)cc1. The molecule has 0 aliphatic carbocycles. The van der Waals surface area contributed by atoms with Gasteiger partial charge in [-0.05, 0) is 55.0 Å². The zero-order valence-electron chi connectivity index (χ0n) is 19.2. The fourth-order valence-corrected chi connectivity index (χ4v) is 5.67. The number of halogens is 2. The Bertz CT molecular complexity index is 1350. The second-order valence-electron chi connectivity index (χ2n) is 9.04. The fourth-order valence-electron chi connectivity index (χ4n) is 5.16. The van der Waals surface area contributed by atoms with Crippen molar-refractivity contribution in [3.05, 3.63) is 93.5 Å². The molecular formula is C27H22Cl2N4O2. The number of imide groups is 1. The molecule has 2 atom stereocenters. The average Bonchev–Trinajstić information content (AvgIpc) is 3.32. The van der Waals surface area contributed by atoms with Gasteiger partial charge in [0.15, 0.2) is 0 Å². The summed E-state index contributed by atoms with van der Waals surface area (Å²) in [6, 6.07) is 21.7. The van der Waals surface area contributed by atoms with E-state index in [4.69, 9.17) is 23.2 Å². The van der Waals surface area contributed by atoms with E-state index in [1.54, 1.807) is 42.3 Å². The Hall–Kier alpha value is -3.53. The third kappa shape index (κ3) is 3.72. The van der Waals surface area contributed by atoms with E-state index in [1.165, 1.54) is 4.90 Å². The lowest BCUT2D eigenvalue weighted by Gasteiger charge is -2.33. The molecule has 2 heterocycles. The molecule has 0 radical (unpaired) electrons. The van der Waals surface area contributed by atoms with Gasteiger partial charge in [0.25, 0.3) is 5.91 Å². The highest BCUT2D eigenvalue weighted by Gasteiger charge is 2.64. The molecule has 0 aromatic heterocycles. The predicted molar refractivity (Wildman–Crippen MR) is 137 cm³/mol. The highest BCUT2D eigenvalue weighted by atomic mass is 35.5. The number of amides is 3. The van der Waals surface area contributed by atoms with Crippen molar-refractivity contribution in [2.45, 2.75) is 18.4 Å². The van der Waals surface area contributed by atoms with Gasteiger partial charge in [0.05, 0.1) is 23.9 Å². The number of carbonyl (C=O) groups is 2. The molecule has 176 valence electrons. The van der Waals surface area contributed by atoms with Gasteiger partial charge in [0.1, 0.15) is 5.54 Å². The van der Waals surface area contributed by atoms with E-state index in [0.717, 1.165) is 16.8 Å². The fraction of sp³-hybridized carbons (Fsp3) is 0.222. The molecule has 0 N–H and O–H groups in total. The van der Waals surface area contributed by atoms with Crippen LogP contribution in [-0.2, 0) is 4.79 Å². The molecule has 5 rings (SSSR count). The predicted octanol–water partition coefficient (Wildman–Crippen LogP) is 5.61. The van der Waals surface area contributed by atoms with Gasteiger partial charge in [-0.25, -0.2) is 9.69 Å². The van der Waals surface area contributed by atoms with Gasteiger partial charge >= 0.3 is 6.03 Å². The Balaban J connectivity index is 1.63. The molecule has 3 aromatic rings. The smallest absolute Gasteiger partial charge is 0.332 e. The lowest BCUT2D eigenvalue weighted by Crippen LogP contribution is -2.53. The molecule has 1 spiro atoms. The van der Waals surface area contributed by atoms with Gasteiger partial charge in [-0.2, -0.15) is 5.26 Å². The second-order valence-corrected chi connectivity index (χ2v) is 9.91. The number of urea groups is 1. The van der Waals surface area contributed by atoms with E-state index in [0.29, 0.717) is 34.4 Å². The van der Waals surface area contributed by atoms with Crippen molar-refractivity contribution in [1.29, 1.82) is 5.26 Å². The molecule has 2 fully saturated rings. The van der Waals surface area contributed by atoms with Crippen LogP contribution in [0.1, 0.15) is 22.6 Å². The van der Waals surface area contributed by atoms with Crippen LogP contribution in [0.15, 0.2) is 66.7 Å². The van der Waals surface area contributed by atoms with Crippen molar-refractivity contribution in [2.24, 2.45) is 0 Å². The third-order valence-electron chi connectivity index (χ3n) is 7.01. The topological polar surface area (TPSA) is 67.6 Å². The number of hydrogen-bond donors (Lipinski definition) is 0. The van der Waals surface area contributed by atoms with Crippen LogP contribution in [0.3, 0.4) is 0 Å². The summed E-state index contributed by atoms with van der Waals surface area (Å²) in [6.45, 7) is 2.88. The van der Waals surface area contributed by atoms with Crippen molar-refractivity contribution >= 4 is 46.5 Å². The Morgan fingerprint density at radius 1 is 0.943 bits per heavy atom. The van der Waals surface area contributed by atoms with Gasteiger partial charge in [0, 0.05) is 35.2 Å². The van der Waals surface area contributed by atoms with Crippen LogP contribution in [-0.4, -0.2) is 42.5 Å². The number of benzene rings is 3. The summed E-state index contributed by atoms with van der Waals surface area (Å²) in [6.07, 6.45) is 0. The molecule has 2 saturated heterocycles. The van der Waals surface area contributed by atoms with E-state index < -0.39 is 11.6 Å². The number of hydrogen-bond acceptors (Lipinski definition) is 4. The molecular weight excluding hydrogens is 483 g/mol. The van der Waals surface area contributed by atoms with Crippen molar-refractivity contribution in [3.63, 3.8) is 0 Å². The Morgan fingerprint density at radius 3 is 2.17 bits per heavy atom. The molecule has 2 aliphatic heterocycles. The lowest BCUT2D eigenvalue weighted by molar-refractivity contribution is -0.124. The molecule has 0 unspecified atom stereocenters. The summed E-state index contributed by atoms with van der Waals surface area (Å²) in [5.74, 6) is -0.648. The number of aryl methyl sites for hydroxylation is 1. The lowest BCUT2D eigenvalue weighted by atomic mass is 9.80. The third-order valence-corrected chi connectivity index (χ3v) is 7.44. The first-order valence-corrected chi connectivity index (χ1v) is 11.9. The quantitative estimate of drug-likeness (QED) is 0.434. The van der Waals surface area contributed by atoms with Crippen molar-refractivity contribution in [3.8, 4) is 6.07 Å². The molecule has 3 amide bonds. The van der Waals surface area contributed by atoms with Gasteiger partial charge in [-0.1, -0.05) is 53.0 Å². The van der Waals surface area contributed by atoms with E-state index >= 15 is 0 Å². The number of nitriles is 1. The molecule has 0 saturated carbocycles. The first-order chi connectivity index (χ1) is 16.7. The van der Waals surface area contributed by atoms with Crippen molar-refractivity contribution < 1.29 is 9.59 Å². The van der Waals surface area contributed by atoms with E-state index in [1.807, 2.05) is 43.3 Å². The Morgan fingerprint density at radius 2 is 1.57 bits per heavy atom. The van der Waals surface area contributed by atoms with Gasteiger partial charge in [-0.15, -0.1) is 0 Å². The first-order valence-electron chi connectivity index (χ1n) is 11.1. The molecule has 2 aliphatic rings. The summed E-state index contributed by atoms with van der Waals surface area (Å²) in [7, 11) is 1.67. The minimum Gasteiger partial charge on any atom is -0.368 e. The minimum atomic E-state index is -1.15. The Labute approximate surface area is 213 Å². The second kappa shape index (κ2) is 8.60. The van der Waals surface area contributed by atoms with Crippen LogP contribution in [0.5, 0.6) is 0 Å². The van der Waals surface area contributed by atoms with E-state index in [-0.39, 0.29) is 11.8 Å². The number of anilines is 2. The van der Waals surface area contributed by atoms with Crippen LogP contribution in [0.4, 0.5) is 16.2 Å². The zero-order chi connectivity index (χ0) is 24.9. The summed E-state index contributed by atoms with van der Waals surface area (Å²) in [5.41, 5.74) is 2.73. The molecule has 6 nitrogen and oxygen atoms in total. The van der Waals surface area contributed by atoms with Crippen LogP contribution in [0.2, 0.25) is 10.0 Å². The number of likely N-dealkylation sites (N-methyl/N-ethyl adjacent to an activating group) is 1. The number of rotatable bonds is 3. The maximum atomic E-state index is 14.2. The first kappa shape index (κ1) is 23.2. The largest absolute Gasteiger partial charge is 0.368 e. The normalized spacial score (nSPS) is 21.8. The van der Waals surface area contributed by atoms with Crippen LogP contribution < -0.4 is 9.80 Å². The van der Waals surface area contributed by atoms with E-state index in [9.17, 15) is 14.9 Å². The minimum absolute atomic E-state index is 0.322. The van der Waals surface area contributed by atoms with Crippen LogP contribution in [0.25, 0.3) is 0 Å². The molecule has 3 aromatic carbocycles. The maximum absolute atomic E-state index is 14.2. The highest BCUT2D eigenvalue weighted by Crippen LogP contribution is 2.47. The summed E-state index contributed by atoms with van der Waals surface area (Å²) in [5, 5.41) is 9.92. The van der Waals surface area contributed by atoms with Crippen LogP contribution >= 0.6 is 23.2 Å². The van der Waals surface area contributed by atoms with Gasteiger partial charge in [0.2, 0.25) is 0 Å². The zero-order valence-corrected chi connectivity index (χ0v) is 20.7. The van der Waals surface area contributed by atoms with Gasteiger partial charge < -0.3 is 9.80 Å². The number of carbonyl (C=O) groups excluding carboxylic acids is 2. The summed E-state index contributed by atoms with van der Waals surface area (Å²) < 4.78 is 0. The molecule has 35 heavy (non-hydrogen) atoms. The molecule has 0 bridgehead atoms. The monoisotopic (exact) mass is 504 g/mol. The van der Waals surface area contributed by atoms with Crippen molar-refractivity contribution in [2.75, 3.05) is 29.9 Å². The van der Waals surface area contributed by atoms with E-state index in [2.05, 4.69) is 11.0 Å². The standard InChI is InChI=1S/C27H22Cl2N4O2/c1-17-3-9-22(10-4-17)32-15-24(19-7-5-18(14-30)6-8-19)27(16-32)25(34)33(26(35)31(27)2)23-12-20(28)11-21(29)13-23/h3-13,24H,15-16H2,1-2H3/t24-,27+/m0/s1. The summed E-state index contributed by atoms with van der Waals surface area (Å²) >= 11 is 12.4. The van der Waals surface area contributed by atoms with Crippen LogP contribution in [0, 0.1) is 18.3 Å². The maximum Gasteiger partial charge on any atom is 0.332 e. The van der Waals surface area contributed by atoms with Crippen molar-refractivity contribution in [1.82, 2.24) is 4.90 Å². The average molecular weight is 505 g/mol. The summed E-state index contributed by atoms with van der Waals surface area (Å²) in [4.78, 5) is 32.6. The highest BCUT2D eigenvalue weighted by molar-refractivity contribution is 6.35.